The summed E-state index contributed by atoms with van der Waals surface area (Å²) in [6.45, 7) is 0.542. The van der Waals surface area contributed by atoms with Crippen molar-refractivity contribution in [2.45, 2.75) is 6.54 Å². The number of hydrogen-bond acceptors (Lipinski definition) is 3. The summed E-state index contributed by atoms with van der Waals surface area (Å²) < 4.78 is 17.0. The van der Waals surface area contributed by atoms with E-state index in [9.17, 15) is 4.39 Å². The molecule has 0 amide bonds. The predicted molar refractivity (Wildman–Crippen MR) is 62.3 cm³/mol. The molecule has 0 bridgehead atoms. The summed E-state index contributed by atoms with van der Waals surface area (Å²) in [4.78, 5) is 0. The molecule has 0 aliphatic carbocycles. The second kappa shape index (κ2) is 7.31. The number of nitrogens with one attached hydrogen (secondary N) is 1. The SMILES string of the molecule is COc1ccc(N)cc1CNCCF.Cl. The monoisotopic (exact) mass is 234 g/mol. The quantitative estimate of drug-likeness (QED) is 0.603. The fourth-order valence-corrected chi connectivity index (χ4v) is 1.23. The first kappa shape index (κ1) is 14.0. The first-order valence-corrected chi connectivity index (χ1v) is 4.47. The summed E-state index contributed by atoms with van der Waals surface area (Å²) in [5.41, 5.74) is 7.26. The van der Waals surface area contributed by atoms with Crippen LogP contribution in [0.5, 0.6) is 5.75 Å². The van der Waals surface area contributed by atoms with E-state index in [-0.39, 0.29) is 19.1 Å². The number of alkyl halides is 1. The Morgan fingerprint density at radius 2 is 2.20 bits per heavy atom. The molecule has 0 fully saturated rings. The highest BCUT2D eigenvalue weighted by atomic mass is 35.5. The predicted octanol–water partition coefficient (Wildman–Crippen LogP) is 1.76. The van der Waals surface area contributed by atoms with Crippen molar-refractivity contribution in [2.24, 2.45) is 0 Å². The van der Waals surface area contributed by atoms with E-state index in [4.69, 9.17) is 10.5 Å². The molecule has 0 saturated heterocycles. The highest BCUT2D eigenvalue weighted by molar-refractivity contribution is 5.85. The van der Waals surface area contributed by atoms with E-state index in [0.29, 0.717) is 18.8 Å². The Kier molecular flexibility index (Phi) is 6.83. The molecule has 0 aliphatic rings. The average molecular weight is 235 g/mol. The van der Waals surface area contributed by atoms with Gasteiger partial charge in [-0.3, -0.25) is 0 Å². The Morgan fingerprint density at radius 3 is 2.80 bits per heavy atom. The maximum Gasteiger partial charge on any atom is 0.123 e. The minimum Gasteiger partial charge on any atom is -0.496 e. The summed E-state index contributed by atoms with van der Waals surface area (Å²) in [6, 6.07) is 5.41. The normalized spacial score (nSPS) is 9.47. The number of nitrogens with two attached hydrogens (primary N) is 1. The van der Waals surface area contributed by atoms with Gasteiger partial charge in [0, 0.05) is 24.3 Å². The largest absolute Gasteiger partial charge is 0.496 e. The van der Waals surface area contributed by atoms with Crippen LogP contribution < -0.4 is 15.8 Å². The molecule has 5 heteroatoms. The number of methoxy groups -OCH3 is 1. The number of rotatable bonds is 5. The van der Waals surface area contributed by atoms with Crippen molar-refractivity contribution in [2.75, 3.05) is 26.1 Å². The van der Waals surface area contributed by atoms with Crippen molar-refractivity contribution < 1.29 is 9.13 Å². The van der Waals surface area contributed by atoms with Gasteiger partial charge in [0.15, 0.2) is 0 Å². The fourth-order valence-electron chi connectivity index (χ4n) is 1.23. The smallest absolute Gasteiger partial charge is 0.123 e. The van der Waals surface area contributed by atoms with Gasteiger partial charge in [-0.1, -0.05) is 0 Å². The van der Waals surface area contributed by atoms with E-state index < -0.39 is 0 Å². The average Bonchev–Trinajstić information content (AvgIpc) is 2.19. The van der Waals surface area contributed by atoms with E-state index in [2.05, 4.69) is 5.32 Å². The third-order valence-electron chi connectivity index (χ3n) is 1.89. The van der Waals surface area contributed by atoms with Crippen LogP contribution in [0.3, 0.4) is 0 Å². The number of halogens is 2. The van der Waals surface area contributed by atoms with Crippen molar-refractivity contribution in [3.8, 4) is 5.75 Å². The minimum atomic E-state index is -0.370. The maximum atomic E-state index is 11.8. The molecule has 3 N–H and O–H groups in total. The lowest BCUT2D eigenvalue weighted by Crippen LogP contribution is -2.16. The molecule has 0 saturated carbocycles. The Balaban J connectivity index is 0.00000196. The number of nitrogen functional groups attached to an aromatic ring is 1. The molecule has 0 atom stereocenters. The van der Waals surface area contributed by atoms with Crippen LogP contribution in [-0.2, 0) is 6.54 Å². The molecule has 0 unspecified atom stereocenters. The molecule has 0 heterocycles. The molecule has 0 radical (unpaired) electrons. The first-order chi connectivity index (χ1) is 6.77. The van der Waals surface area contributed by atoms with Gasteiger partial charge < -0.3 is 15.8 Å². The zero-order valence-electron chi connectivity index (χ0n) is 8.63. The van der Waals surface area contributed by atoms with Gasteiger partial charge in [-0.25, -0.2) is 4.39 Å². The topological polar surface area (TPSA) is 47.3 Å². The van der Waals surface area contributed by atoms with Gasteiger partial charge in [0.2, 0.25) is 0 Å². The molecule has 0 aliphatic heterocycles. The lowest BCUT2D eigenvalue weighted by Gasteiger charge is -2.09. The van der Waals surface area contributed by atoms with Crippen molar-refractivity contribution in [3.63, 3.8) is 0 Å². The summed E-state index contributed by atoms with van der Waals surface area (Å²) >= 11 is 0. The van der Waals surface area contributed by atoms with Crippen LogP contribution in [0.2, 0.25) is 0 Å². The fraction of sp³-hybridized carbons (Fsp3) is 0.400. The van der Waals surface area contributed by atoms with Crippen LogP contribution in [0.4, 0.5) is 10.1 Å². The van der Waals surface area contributed by atoms with E-state index in [1.54, 1.807) is 13.2 Å². The molecule has 86 valence electrons. The second-order valence-corrected chi connectivity index (χ2v) is 2.94. The minimum absolute atomic E-state index is 0. The molecule has 3 nitrogen and oxygen atoms in total. The van der Waals surface area contributed by atoms with E-state index in [1.165, 1.54) is 0 Å². The molecule has 0 spiro atoms. The second-order valence-electron chi connectivity index (χ2n) is 2.94. The van der Waals surface area contributed by atoms with Crippen molar-refractivity contribution in [3.05, 3.63) is 23.8 Å². The number of ether oxygens (including phenoxy) is 1. The lowest BCUT2D eigenvalue weighted by molar-refractivity contribution is 0.405. The van der Waals surface area contributed by atoms with E-state index >= 15 is 0 Å². The Labute approximate surface area is 95.2 Å². The first-order valence-electron chi connectivity index (χ1n) is 4.47. The van der Waals surface area contributed by atoms with Crippen LogP contribution in [0.15, 0.2) is 18.2 Å². The van der Waals surface area contributed by atoms with Gasteiger partial charge in [0.05, 0.1) is 7.11 Å². The Hall–Kier alpha value is -1.00. The highest BCUT2D eigenvalue weighted by Crippen LogP contribution is 2.20. The van der Waals surface area contributed by atoms with Gasteiger partial charge in [-0.2, -0.15) is 0 Å². The third-order valence-corrected chi connectivity index (χ3v) is 1.89. The number of anilines is 1. The Bertz CT molecular complexity index is 297. The van der Waals surface area contributed by atoms with Gasteiger partial charge >= 0.3 is 0 Å². The van der Waals surface area contributed by atoms with Crippen molar-refractivity contribution >= 4 is 18.1 Å². The molecule has 1 rings (SSSR count). The molecule has 1 aromatic rings. The van der Waals surface area contributed by atoms with Gasteiger partial charge in [0.25, 0.3) is 0 Å². The highest BCUT2D eigenvalue weighted by Gasteiger charge is 2.02. The van der Waals surface area contributed by atoms with Crippen LogP contribution >= 0.6 is 12.4 Å². The third kappa shape index (κ3) is 4.36. The van der Waals surface area contributed by atoms with E-state index in [1.807, 2.05) is 12.1 Å². The summed E-state index contributed by atoms with van der Waals surface area (Å²) in [5.74, 6) is 0.769. The van der Waals surface area contributed by atoms with Crippen LogP contribution in [-0.4, -0.2) is 20.3 Å². The van der Waals surface area contributed by atoms with Crippen LogP contribution in [0, 0.1) is 0 Å². The van der Waals surface area contributed by atoms with Gasteiger partial charge in [-0.05, 0) is 18.2 Å². The Morgan fingerprint density at radius 1 is 1.47 bits per heavy atom. The van der Waals surface area contributed by atoms with Crippen molar-refractivity contribution in [1.82, 2.24) is 5.32 Å². The lowest BCUT2D eigenvalue weighted by atomic mass is 10.2. The molecule has 0 aromatic heterocycles. The standard InChI is InChI=1S/C10H15FN2O.ClH/c1-14-10-3-2-9(12)6-8(10)7-13-5-4-11;/h2-3,6,13H,4-5,7,12H2,1H3;1H. The summed E-state index contributed by atoms with van der Waals surface area (Å²) in [6.07, 6.45) is 0. The van der Waals surface area contributed by atoms with Crippen molar-refractivity contribution in [1.29, 1.82) is 0 Å². The maximum absolute atomic E-state index is 11.8. The van der Waals surface area contributed by atoms with Gasteiger partial charge in [-0.15, -0.1) is 12.4 Å². The number of benzene rings is 1. The van der Waals surface area contributed by atoms with Crippen LogP contribution in [0.25, 0.3) is 0 Å². The zero-order chi connectivity index (χ0) is 10.4. The van der Waals surface area contributed by atoms with E-state index in [0.717, 1.165) is 11.3 Å². The molecular formula is C10H16ClFN2O. The van der Waals surface area contributed by atoms with Crippen LogP contribution in [0.1, 0.15) is 5.56 Å². The number of hydrogen-bond donors (Lipinski definition) is 2. The summed E-state index contributed by atoms with van der Waals surface area (Å²) in [7, 11) is 1.60. The van der Waals surface area contributed by atoms with Gasteiger partial charge in [0.1, 0.15) is 12.4 Å². The molecular weight excluding hydrogens is 219 g/mol. The zero-order valence-corrected chi connectivity index (χ0v) is 9.44. The molecule has 1 aromatic carbocycles. The summed E-state index contributed by atoms with van der Waals surface area (Å²) in [5, 5.41) is 2.94. The molecule has 15 heavy (non-hydrogen) atoms.